The molecular formula is C7H9F5O4S. The lowest BCUT2D eigenvalue weighted by molar-refractivity contribution is -0.282. The fraction of sp³-hybridized carbons (Fsp3) is 0.857. The molecule has 0 spiro atoms. The van der Waals surface area contributed by atoms with E-state index < -0.39 is 45.8 Å². The maximum Gasteiger partial charge on any atom is 0.453 e. The molecule has 0 N–H and O–H groups in total. The van der Waals surface area contributed by atoms with Crippen LogP contribution in [0.4, 0.5) is 22.0 Å². The molecule has 0 amide bonds. The first-order valence-electron chi connectivity index (χ1n) is 4.13. The van der Waals surface area contributed by atoms with E-state index in [1.807, 2.05) is 0 Å². The first-order chi connectivity index (χ1) is 7.41. The fourth-order valence-electron chi connectivity index (χ4n) is 0.736. The van der Waals surface area contributed by atoms with E-state index in [0.29, 0.717) is 0 Å². The summed E-state index contributed by atoms with van der Waals surface area (Å²) >= 11 is 0. The number of rotatable bonds is 5. The van der Waals surface area contributed by atoms with Crippen molar-refractivity contribution in [1.29, 1.82) is 0 Å². The molecule has 0 aromatic carbocycles. The molecule has 0 aliphatic heterocycles. The van der Waals surface area contributed by atoms with Crippen molar-refractivity contribution < 1.29 is 39.9 Å². The van der Waals surface area contributed by atoms with Crippen molar-refractivity contribution in [2.45, 2.75) is 18.5 Å². The van der Waals surface area contributed by atoms with E-state index in [1.54, 1.807) is 0 Å². The number of carbonyl (C=O) groups excluding carboxylic acids is 1. The van der Waals surface area contributed by atoms with Gasteiger partial charge in [-0.25, -0.2) is 8.42 Å². The Balaban J connectivity index is 4.53. The van der Waals surface area contributed by atoms with Crippen LogP contribution in [0.1, 0.15) is 6.42 Å². The van der Waals surface area contributed by atoms with Crippen LogP contribution in [0.25, 0.3) is 0 Å². The molecule has 0 aromatic heterocycles. The molecule has 0 heterocycles. The molecule has 0 radical (unpaired) electrons. The van der Waals surface area contributed by atoms with E-state index in [0.717, 1.165) is 7.11 Å². The maximum absolute atomic E-state index is 12.4. The summed E-state index contributed by atoms with van der Waals surface area (Å²) in [5.74, 6) is -9.00. The SMILES string of the molecule is COC(=O)CS(=O)(=O)CCC(F)(F)C(F)(F)F. The zero-order valence-electron chi connectivity index (χ0n) is 8.55. The van der Waals surface area contributed by atoms with Gasteiger partial charge in [0, 0.05) is 6.42 Å². The van der Waals surface area contributed by atoms with Crippen molar-refractivity contribution in [3.05, 3.63) is 0 Å². The van der Waals surface area contributed by atoms with Crippen LogP contribution in [0.3, 0.4) is 0 Å². The molecule has 0 bridgehead atoms. The van der Waals surface area contributed by atoms with Crippen molar-refractivity contribution in [3.8, 4) is 0 Å². The average molecular weight is 284 g/mol. The molecule has 0 aliphatic carbocycles. The molecule has 0 unspecified atom stereocenters. The number of carbonyl (C=O) groups is 1. The van der Waals surface area contributed by atoms with Crippen LogP contribution in [0.5, 0.6) is 0 Å². The molecular weight excluding hydrogens is 275 g/mol. The number of ether oxygens (including phenoxy) is 1. The lowest BCUT2D eigenvalue weighted by Crippen LogP contribution is -2.38. The number of hydrogen-bond donors (Lipinski definition) is 0. The summed E-state index contributed by atoms with van der Waals surface area (Å²) in [4.78, 5) is 10.5. The van der Waals surface area contributed by atoms with Gasteiger partial charge in [0.1, 0.15) is 5.75 Å². The Morgan fingerprint density at radius 3 is 2.00 bits per heavy atom. The van der Waals surface area contributed by atoms with Crippen molar-refractivity contribution in [3.63, 3.8) is 0 Å². The Labute approximate surface area is 93.7 Å². The molecule has 0 saturated heterocycles. The van der Waals surface area contributed by atoms with Gasteiger partial charge in [-0.05, 0) is 0 Å². The molecule has 4 nitrogen and oxygen atoms in total. The Morgan fingerprint density at radius 1 is 1.18 bits per heavy atom. The number of methoxy groups -OCH3 is 1. The third kappa shape index (κ3) is 5.29. The Kier molecular flexibility index (Phi) is 4.87. The van der Waals surface area contributed by atoms with Gasteiger partial charge in [0.05, 0.1) is 12.9 Å². The summed E-state index contributed by atoms with van der Waals surface area (Å²) in [6.07, 6.45) is -7.73. The number of halogens is 5. The van der Waals surface area contributed by atoms with Gasteiger partial charge >= 0.3 is 18.1 Å². The summed E-state index contributed by atoms with van der Waals surface area (Å²) in [5.41, 5.74) is 0. The lowest BCUT2D eigenvalue weighted by atomic mass is 10.2. The van der Waals surface area contributed by atoms with Crippen LogP contribution in [0.2, 0.25) is 0 Å². The van der Waals surface area contributed by atoms with Crippen molar-refractivity contribution in [2.75, 3.05) is 18.6 Å². The Morgan fingerprint density at radius 2 is 1.65 bits per heavy atom. The first kappa shape index (κ1) is 16.1. The summed E-state index contributed by atoms with van der Waals surface area (Å²) in [6.45, 7) is 0. The van der Waals surface area contributed by atoms with E-state index >= 15 is 0 Å². The van der Waals surface area contributed by atoms with E-state index in [-0.39, 0.29) is 0 Å². The highest BCUT2D eigenvalue weighted by atomic mass is 32.2. The fourth-order valence-corrected chi connectivity index (χ4v) is 1.92. The van der Waals surface area contributed by atoms with Crippen molar-refractivity contribution in [1.82, 2.24) is 0 Å². The highest BCUT2D eigenvalue weighted by Crippen LogP contribution is 2.38. The van der Waals surface area contributed by atoms with Crippen molar-refractivity contribution in [2.24, 2.45) is 0 Å². The predicted octanol–water partition coefficient (Wildman–Crippen LogP) is 1.16. The van der Waals surface area contributed by atoms with Gasteiger partial charge in [-0.1, -0.05) is 0 Å². The number of sulfone groups is 1. The van der Waals surface area contributed by atoms with Gasteiger partial charge in [0.25, 0.3) is 0 Å². The minimum absolute atomic E-state index is 0.863. The van der Waals surface area contributed by atoms with E-state index in [9.17, 15) is 35.2 Å². The highest BCUT2D eigenvalue weighted by molar-refractivity contribution is 7.92. The normalized spacial score (nSPS) is 13.5. The van der Waals surface area contributed by atoms with Crippen molar-refractivity contribution >= 4 is 15.8 Å². The van der Waals surface area contributed by atoms with Crippen LogP contribution < -0.4 is 0 Å². The van der Waals surface area contributed by atoms with E-state index in [2.05, 4.69) is 4.74 Å². The van der Waals surface area contributed by atoms with Crippen LogP contribution in [-0.4, -0.2) is 45.1 Å². The molecule has 0 saturated carbocycles. The monoisotopic (exact) mass is 284 g/mol. The van der Waals surface area contributed by atoms with Gasteiger partial charge in [-0.15, -0.1) is 0 Å². The van der Waals surface area contributed by atoms with Crippen LogP contribution in [0, 0.1) is 0 Å². The second-order valence-corrected chi connectivity index (χ2v) is 5.30. The molecule has 10 heteroatoms. The third-order valence-electron chi connectivity index (χ3n) is 1.71. The van der Waals surface area contributed by atoms with Gasteiger partial charge in [-0.2, -0.15) is 22.0 Å². The quantitative estimate of drug-likeness (QED) is 0.561. The second-order valence-electron chi connectivity index (χ2n) is 3.12. The molecule has 102 valence electrons. The molecule has 17 heavy (non-hydrogen) atoms. The van der Waals surface area contributed by atoms with Gasteiger partial charge in [-0.3, -0.25) is 4.79 Å². The second kappa shape index (κ2) is 5.15. The molecule has 0 aromatic rings. The van der Waals surface area contributed by atoms with Crippen LogP contribution in [0.15, 0.2) is 0 Å². The summed E-state index contributed by atoms with van der Waals surface area (Å²) in [5, 5.41) is 0. The topological polar surface area (TPSA) is 60.4 Å². The predicted molar refractivity (Wildman–Crippen MR) is 46.3 cm³/mol. The lowest BCUT2D eigenvalue weighted by Gasteiger charge is -2.18. The van der Waals surface area contributed by atoms with E-state index in [4.69, 9.17) is 0 Å². The van der Waals surface area contributed by atoms with E-state index in [1.165, 1.54) is 0 Å². The number of hydrogen-bond acceptors (Lipinski definition) is 4. The van der Waals surface area contributed by atoms with Gasteiger partial charge in [0.15, 0.2) is 9.84 Å². The Bertz CT molecular complexity index is 372. The Hall–Kier alpha value is -0.930. The van der Waals surface area contributed by atoms with Crippen LogP contribution >= 0.6 is 0 Å². The highest BCUT2D eigenvalue weighted by Gasteiger charge is 2.57. The standard InChI is InChI=1S/C7H9F5O4S/c1-16-5(13)4-17(14,15)3-2-6(8,9)7(10,11)12/h2-4H2,1H3. The summed E-state index contributed by atoms with van der Waals surface area (Å²) in [6, 6.07) is 0. The minimum atomic E-state index is -5.81. The number of esters is 1. The summed E-state index contributed by atoms with van der Waals surface area (Å²) < 4.78 is 85.8. The van der Waals surface area contributed by atoms with Gasteiger partial charge < -0.3 is 4.74 Å². The molecule has 0 aliphatic rings. The maximum atomic E-state index is 12.4. The minimum Gasteiger partial charge on any atom is -0.468 e. The average Bonchev–Trinajstić information content (AvgIpc) is 2.12. The molecule has 0 rings (SSSR count). The summed E-state index contributed by atoms with van der Waals surface area (Å²) in [7, 11) is -3.48. The zero-order valence-corrected chi connectivity index (χ0v) is 9.37. The molecule has 0 fully saturated rings. The third-order valence-corrected chi connectivity index (χ3v) is 3.21. The zero-order chi connectivity index (χ0) is 13.9. The molecule has 0 atom stereocenters. The number of alkyl halides is 5. The van der Waals surface area contributed by atoms with Crippen LogP contribution in [-0.2, 0) is 19.4 Å². The van der Waals surface area contributed by atoms with Gasteiger partial charge in [0.2, 0.25) is 0 Å². The first-order valence-corrected chi connectivity index (χ1v) is 5.95. The smallest absolute Gasteiger partial charge is 0.453 e. The largest absolute Gasteiger partial charge is 0.468 e.